The lowest BCUT2D eigenvalue weighted by Crippen LogP contribution is -2.30. The number of hydrogen-bond acceptors (Lipinski definition) is 2. The number of carbonyl (C=O) groups is 1. The summed E-state index contributed by atoms with van der Waals surface area (Å²) in [6.07, 6.45) is -0.0432. The van der Waals surface area contributed by atoms with E-state index in [4.69, 9.17) is 5.11 Å². The Labute approximate surface area is 140 Å². The Morgan fingerprint density at radius 1 is 1.12 bits per heavy atom. The average Bonchev–Trinajstić information content (AvgIpc) is 2.57. The van der Waals surface area contributed by atoms with Crippen molar-refractivity contribution < 1.29 is 18.7 Å². The van der Waals surface area contributed by atoms with E-state index in [0.717, 1.165) is 11.6 Å². The van der Waals surface area contributed by atoms with Crippen molar-refractivity contribution >= 4 is 5.97 Å². The van der Waals surface area contributed by atoms with Crippen LogP contribution in [0.5, 0.6) is 0 Å². The molecule has 0 radical (unpaired) electrons. The first-order valence-electron chi connectivity index (χ1n) is 7.89. The highest BCUT2D eigenvalue weighted by atomic mass is 19.2. The molecule has 128 valence electrons. The van der Waals surface area contributed by atoms with Gasteiger partial charge in [-0.2, -0.15) is 0 Å². The Bertz CT molecular complexity index is 676. The van der Waals surface area contributed by atoms with E-state index in [2.05, 4.69) is 0 Å². The van der Waals surface area contributed by atoms with Gasteiger partial charge in [0.15, 0.2) is 11.6 Å². The molecule has 0 heterocycles. The minimum Gasteiger partial charge on any atom is -0.481 e. The van der Waals surface area contributed by atoms with Gasteiger partial charge in [-0.15, -0.1) is 0 Å². The number of carboxylic acids is 1. The summed E-state index contributed by atoms with van der Waals surface area (Å²) in [5.41, 5.74) is 1.36. The predicted molar refractivity (Wildman–Crippen MR) is 88.7 cm³/mol. The average molecular weight is 333 g/mol. The summed E-state index contributed by atoms with van der Waals surface area (Å²) in [5, 5.41) is 8.92. The molecular weight excluding hydrogens is 312 g/mol. The fourth-order valence-electron chi connectivity index (χ4n) is 2.67. The molecule has 0 amide bonds. The van der Waals surface area contributed by atoms with E-state index in [1.807, 2.05) is 42.2 Å². The minimum atomic E-state index is -0.910. The van der Waals surface area contributed by atoms with E-state index < -0.39 is 17.6 Å². The Hall–Kier alpha value is -2.27. The molecule has 0 bridgehead atoms. The van der Waals surface area contributed by atoms with E-state index in [1.54, 1.807) is 0 Å². The Balaban J connectivity index is 2.12. The second-order valence-electron chi connectivity index (χ2n) is 5.90. The van der Waals surface area contributed by atoms with Crippen molar-refractivity contribution in [3.8, 4) is 0 Å². The molecule has 0 fully saturated rings. The van der Waals surface area contributed by atoms with Crippen LogP contribution in [0.3, 0.4) is 0 Å². The minimum absolute atomic E-state index is 0.0432. The van der Waals surface area contributed by atoms with Gasteiger partial charge in [0.05, 0.1) is 6.42 Å². The first-order valence-corrected chi connectivity index (χ1v) is 7.89. The summed E-state index contributed by atoms with van der Waals surface area (Å²) in [5.74, 6) is -2.52. The number of rotatable bonds is 8. The zero-order valence-electron chi connectivity index (χ0n) is 13.6. The summed E-state index contributed by atoms with van der Waals surface area (Å²) >= 11 is 0. The SMILES string of the molecule is CC(CN(CCC(=O)O)Cc1cccc(F)c1F)c1ccccc1. The van der Waals surface area contributed by atoms with Gasteiger partial charge in [0.25, 0.3) is 0 Å². The third-order valence-corrected chi connectivity index (χ3v) is 3.97. The van der Waals surface area contributed by atoms with Gasteiger partial charge >= 0.3 is 5.97 Å². The predicted octanol–water partition coefficient (Wildman–Crippen LogP) is 4.05. The summed E-state index contributed by atoms with van der Waals surface area (Å²) in [6, 6.07) is 13.9. The van der Waals surface area contributed by atoms with Crippen LogP contribution in [0.1, 0.15) is 30.4 Å². The summed E-state index contributed by atoms with van der Waals surface area (Å²) in [7, 11) is 0. The van der Waals surface area contributed by atoms with E-state index >= 15 is 0 Å². The highest BCUT2D eigenvalue weighted by molar-refractivity contribution is 5.66. The standard InChI is InChI=1S/C19H21F2NO2/c1-14(15-6-3-2-4-7-15)12-22(11-10-18(23)24)13-16-8-5-9-17(20)19(16)21/h2-9,14H,10-13H2,1H3,(H,23,24). The smallest absolute Gasteiger partial charge is 0.304 e. The number of hydrogen-bond donors (Lipinski definition) is 1. The molecule has 1 atom stereocenters. The molecule has 0 saturated heterocycles. The van der Waals surface area contributed by atoms with Gasteiger partial charge in [-0.25, -0.2) is 8.78 Å². The van der Waals surface area contributed by atoms with E-state index in [1.165, 1.54) is 12.1 Å². The molecule has 24 heavy (non-hydrogen) atoms. The summed E-state index contributed by atoms with van der Waals surface area (Å²) < 4.78 is 27.3. The molecule has 0 aromatic heterocycles. The van der Waals surface area contributed by atoms with Crippen LogP contribution in [0.15, 0.2) is 48.5 Å². The van der Waals surface area contributed by atoms with Crippen LogP contribution < -0.4 is 0 Å². The van der Waals surface area contributed by atoms with E-state index in [9.17, 15) is 13.6 Å². The molecule has 0 saturated carbocycles. The van der Waals surface area contributed by atoms with Crippen LogP contribution in [0, 0.1) is 11.6 Å². The van der Waals surface area contributed by atoms with Crippen molar-refractivity contribution in [2.24, 2.45) is 0 Å². The maximum absolute atomic E-state index is 13.9. The van der Waals surface area contributed by atoms with E-state index in [0.29, 0.717) is 6.54 Å². The normalized spacial score (nSPS) is 12.3. The zero-order chi connectivity index (χ0) is 17.5. The van der Waals surface area contributed by atoms with Crippen molar-refractivity contribution in [3.63, 3.8) is 0 Å². The molecule has 2 aromatic rings. The summed E-state index contributed by atoms with van der Waals surface area (Å²) in [4.78, 5) is 12.7. The van der Waals surface area contributed by atoms with Crippen molar-refractivity contribution in [1.29, 1.82) is 0 Å². The van der Waals surface area contributed by atoms with Crippen LogP contribution in [0.2, 0.25) is 0 Å². The molecule has 2 rings (SSSR count). The highest BCUT2D eigenvalue weighted by Crippen LogP contribution is 2.19. The van der Waals surface area contributed by atoms with Gasteiger partial charge < -0.3 is 5.11 Å². The van der Waals surface area contributed by atoms with Crippen LogP contribution in [0.4, 0.5) is 8.78 Å². The van der Waals surface area contributed by atoms with Gasteiger partial charge in [-0.3, -0.25) is 9.69 Å². The third kappa shape index (κ3) is 5.13. The van der Waals surface area contributed by atoms with E-state index in [-0.39, 0.29) is 31.0 Å². The lowest BCUT2D eigenvalue weighted by atomic mass is 10.0. The third-order valence-electron chi connectivity index (χ3n) is 3.97. The lowest BCUT2D eigenvalue weighted by molar-refractivity contribution is -0.137. The first kappa shape index (κ1) is 18.1. The van der Waals surface area contributed by atoms with Gasteiger partial charge in [0.2, 0.25) is 0 Å². The van der Waals surface area contributed by atoms with Crippen LogP contribution in [-0.2, 0) is 11.3 Å². The Morgan fingerprint density at radius 3 is 2.50 bits per heavy atom. The second kappa shape index (κ2) is 8.55. The molecule has 1 unspecified atom stereocenters. The maximum atomic E-state index is 13.9. The van der Waals surface area contributed by atoms with Gasteiger partial charge in [-0.05, 0) is 17.5 Å². The largest absolute Gasteiger partial charge is 0.481 e. The maximum Gasteiger partial charge on any atom is 0.304 e. The number of nitrogens with zero attached hydrogens (tertiary/aromatic N) is 1. The first-order chi connectivity index (χ1) is 11.5. The monoisotopic (exact) mass is 333 g/mol. The molecule has 5 heteroatoms. The number of aliphatic carboxylic acids is 1. The Morgan fingerprint density at radius 2 is 1.83 bits per heavy atom. The number of halogens is 2. The lowest BCUT2D eigenvalue weighted by Gasteiger charge is -2.25. The molecule has 3 nitrogen and oxygen atoms in total. The molecule has 0 aliphatic carbocycles. The molecule has 0 aliphatic rings. The van der Waals surface area contributed by atoms with Gasteiger partial charge in [0.1, 0.15) is 0 Å². The van der Waals surface area contributed by atoms with Crippen molar-refractivity contribution in [3.05, 3.63) is 71.3 Å². The molecule has 0 aliphatic heterocycles. The topological polar surface area (TPSA) is 40.5 Å². The fourth-order valence-corrected chi connectivity index (χ4v) is 2.67. The van der Waals surface area contributed by atoms with Gasteiger partial charge in [-0.1, -0.05) is 49.4 Å². The quantitative estimate of drug-likeness (QED) is 0.792. The van der Waals surface area contributed by atoms with Gasteiger partial charge in [0, 0.05) is 25.2 Å². The molecule has 2 aromatic carbocycles. The van der Waals surface area contributed by atoms with Crippen LogP contribution in [-0.4, -0.2) is 29.1 Å². The molecule has 0 spiro atoms. The van der Waals surface area contributed by atoms with Crippen LogP contribution >= 0.6 is 0 Å². The van der Waals surface area contributed by atoms with Crippen molar-refractivity contribution in [1.82, 2.24) is 4.90 Å². The van der Waals surface area contributed by atoms with Crippen molar-refractivity contribution in [2.45, 2.75) is 25.8 Å². The second-order valence-corrected chi connectivity index (χ2v) is 5.90. The highest BCUT2D eigenvalue weighted by Gasteiger charge is 2.16. The zero-order valence-corrected chi connectivity index (χ0v) is 13.6. The number of benzene rings is 2. The molecular formula is C19H21F2NO2. The summed E-state index contributed by atoms with van der Waals surface area (Å²) in [6.45, 7) is 3.05. The van der Waals surface area contributed by atoms with Crippen LogP contribution in [0.25, 0.3) is 0 Å². The van der Waals surface area contributed by atoms with Crippen molar-refractivity contribution in [2.75, 3.05) is 13.1 Å². The fraction of sp³-hybridized carbons (Fsp3) is 0.316. The Kier molecular flexibility index (Phi) is 6.44. The number of carboxylic acid groups (broad SMARTS) is 1. The molecule has 1 N–H and O–H groups in total.